The lowest BCUT2D eigenvalue weighted by Crippen LogP contribution is -2.30. The van der Waals surface area contributed by atoms with Crippen molar-refractivity contribution in [2.75, 3.05) is 0 Å². The van der Waals surface area contributed by atoms with Gasteiger partial charge in [-0.2, -0.15) is 0 Å². The third-order valence-corrected chi connectivity index (χ3v) is 6.63. The Labute approximate surface area is 208 Å². The van der Waals surface area contributed by atoms with Crippen LogP contribution in [0.4, 0.5) is 0 Å². The zero-order valence-corrected chi connectivity index (χ0v) is 20.9. The molecule has 0 bridgehead atoms. The fraction of sp³-hybridized carbons (Fsp3) is 0.222. The molecule has 3 aromatic carbocycles. The van der Waals surface area contributed by atoms with E-state index < -0.39 is 0 Å². The lowest BCUT2D eigenvalue weighted by Gasteiger charge is -2.14. The first-order valence-corrected chi connectivity index (χ1v) is 12.4. The summed E-state index contributed by atoms with van der Waals surface area (Å²) in [6, 6.07) is 20.9. The van der Waals surface area contributed by atoms with Crippen molar-refractivity contribution in [3.8, 4) is 0 Å². The Morgan fingerprint density at radius 1 is 1.03 bits per heavy atom. The lowest BCUT2D eigenvalue weighted by atomic mass is 10.1. The number of thioether (sulfide) groups is 1. The first-order chi connectivity index (χ1) is 16.3. The molecule has 174 valence electrons. The minimum absolute atomic E-state index is 0.0642. The molecule has 1 amide bonds. The Balaban J connectivity index is 1.67. The molecule has 0 saturated carbocycles. The van der Waals surface area contributed by atoms with E-state index in [1.54, 1.807) is 34.9 Å². The van der Waals surface area contributed by atoms with Crippen LogP contribution in [0.25, 0.3) is 10.9 Å². The van der Waals surface area contributed by atoms with Crippen molar-refractivity contribution in [3.05, 3.63) is 104 Å². The zero-order valence-electron chi connectivity index (χ0n) is 19.3. The molecule has 0 aliphatic rings. The largest absolute Gasteiger partial charge is 0.350 e. The number of amides is 1. The van der Waals surface area contributed by atoms with Crippen LogP contribution in [-0.4, -0.2) is 21.5 Å². The number of rotatable bonds is 7. The summed E-state index contributed by atoms with van der Waals surface area (Å²) < 4.78 is 1.68. The Bertz CT molecular complexity index is 1380. The summed E-state index contributed by atoms with van der Waals surface area (Å²) in [5.74, 6) is 0.579. The van der Waals surface area contributed by atoms with Crippen LogP contribution < -0.4 is 10.9 Å². The van der Waals surface area contributed by atoms with Gasteiger partial charge in [0.1, 0.15) is 0 Å². The molecule has 0 saturated heterocycles. The number of nitrogens with one attached hydrogen (secondary N) is 1. The van der Waals surface area contributed by atoms with E-state index in [0.717, 1.165) is 11.1 Å². The van der Waals surface area contributed by atoms with Crippen LogP contribution in [0.15, 0.2) is 76.7 Å². The third-order valence-electron chi connectivity index (χ3n) is 5.35. The average molecular weight is 492 g/mol. The van der Waals surface area contributed by atoms with Gasteiger partial charge in [-0.3, -0.25) is 14.2 Å². The molecular weight excluding hydrogens is 466 g/mol. The monoisotopic (exact) mass is 491 g/mol. The van der Waals surface area contributed by atoms with Crippen LogP contribution in [0.2, 0.25) is 5.02 Å². The van der Waals surface area contributed by atoms with Crippen molar-refractivity contribution < 1.29 is 4.79 Å². The minimum Gasteiger partial charge on any atom is -0.350 e. The highest BCUT2D eigenvalue weighted by Gasteiger charge is 2.14. The van der Waals surface area contributed by atoms with Crippen LogP contribution in [0.3, 0.4) is 0 Å². The predicted molar refractivity (Wildman–Crippen MR) is 140 cm³/mol. The summed E-state index contributed by atoms with van der Waals surface area (Å²) in [6.07, 6.45) is 0. The summed E-state index contributed by atoms with van der Waals surface area (Å²) in [4.78, 5) is 30.5. The number of benzene rings is 3. The molecule has 1 aromatic heterocycles. The SMILES string of the molecule is Cc1ccc(CSc2nc3ccc(Cl)cc3c(=O)n2Cc2ccc(C(=O)NC(C)C)cc2)cc1. The van der Waals surface area contributed by atoms with E-state index in [1.807, 2.05) is 26.0 Å². The molecule has 4 rings (SSSR count). The Kier molecular flexibility index (Phi) is 7.39. The van der Waals surface area contributed by atoms with E-state index in [-0.39, 0.29) is 17.5 Å². The first kappa shape index (κ1) is 24.0. The van der Waals surface area contributed by atoms with Crippen LogP contribution in [0, 0.1) is 6.92 Å². The van der Waals surface area contributed by atoms with Gasteiger partial charge in [0.15, 0.2) is 5.16 Å². The van der Waals surface area contributed by atoms with E-state index in [2.05, 4.69) is 36.5 Å². The van der Waals surface area contributed by atoms with Crippen molar-refractivity contribution in [3.63, 3.8) is 0 Å². The van der Waals surface area contributed by atoms with E-state index in [1.165, 1.54) is 17.3 Å². The molecule has 0 unspecified atom stereocenters. The molecule has 0 fully saturated rings. The molecule has 0 aliphatic carbocycles. The van der Waals surface area contributed by atoms with Crippen LogP contribution in [0.1, 0.15) is 40.9 Å². The second-order valence-electron chi connectivity index (χ2n) is 8.55. The lowest BCUT2D eigenvalue weighted by molar-refractivity contribution is 0.0943. The fourth-order valence-electron chi connectivity index (χ4n) is 3.54. The predicted octanol–water partition coefficient (Wildman–Crippen LogP) is 5.84. The topological polar surface area (TPSA) is 64.0 Å². The van der Waals surface area contributed by atoms with Crippen molar-refractivity contribution in [1.82, 2.24) is 14.9 Å². The molecule has 0 aliphatic heterocycles. The van der Waals surface area contributed by atoms with Crippen molar-refractivity contribution in [2.45, 2.75) is 44.3 Å². The van der Waals surface area contributed by atoms with Crippen LogP contribution >= 0.6 is 23.4 Å². The standard InChI is InChI=1S/C27H26ClN3O2S/c1-17(2)29-25(32)21-10-8-19(9-11-21)15-31-26(33)23-14-22(28)12-13-24(23)30-27(31)34-16-20-6-4-18(3)5-7-20/h4-14,17H,15-16H2,1-3H3,(H,29,32). The molecule has 1 N–H and O–H groups in total. The number of carbonyl (C=O) groups is 1. The number of nitrogens with zero attached hydrogens (tertiary/aromatic N) is 2. The molecule has 0 radical (unpaired) electrons. The molecular formula is C27H26ClN3O2S. The molecule has 0 spiro atoms. The van der Waals surface area contributed by atoms with Crippen molar-refractivity contribution in [2.24, 2.45) is 0 Å². The van der Waals surface area contributed by atoms with Gasteiger partial charge in [0.25, 0.3) is 11.5 Å². The quantitative estimate of drug-likeness (QED) is 0.260. The maximum Gasteiger partial charge on any atom is 0.262 e. The molecule has 0 atom stereocenters. The molecule has 34 heavy (non-hydrogen) atoms. The van der Waals surface area contributed by atoms with Gasteiger partial charge in [-0.1, -0.05) is 65.3 Å². The summed E-state index contributed by atoms with van der Waals surface area (Å²) >= 11 is 7.69. The van der Waals surface area contributed by atoms with Gasteiger partial charge in [0.2, 0.25) is 0 Å². The van der Waals surface area contributed by atoms with E-state index in [9.17, 15) is 9.59 Å². The minimum atomic E-state index is -0.138. The number of hydrogen-bond acceptors (Lipinski definition) is 4. The molecule has 5 nitrogen and oxygen atoms in total. The summed E-state index contributed by atoms with van der Waals surface area (Å²) in [5.41, 5.74) is 4.34. The second-order valence-corrected chi connectivity index (χ2v) is 9.93. The van der Waals surface area contributed by atoms with Crippen LogP contribution in [-0.2, 0) is 12.3 Å². The first-order valence-electron chi connectivity index (χ1n) is 11.1. The van der Waals surface area contributed by atoms with Gasteiger partial charge >= 0.3 is 0 Å². The second kappa shape index (κ2) is 10.5. The number of halogens is 1. The Hall–Kier alpha value is -3.09. The Morgan fingerprint density at radius 2 is 1.71 bits per heavy atom. The van der Waals surface area contributed by atoms with Crippen molar-refractivity contribution >= 4 is 40.2 Å². The Morgan fingerprint density at radius 3 is 2.38 bits per heavy atom. The summed E-state index contributed by atoms with van der Waals surface area (Å²) in [5, 5.41) is 4.51. The fourth-order valence-corrected chi connectivity index (χ4v) is 4.67. The number of aromatic nitrogens is 2. The number of aryl methyl sites for hydroxylation is 1. The number of fused-ring (bicyclic) bond motifs is 1. The van der Waals surface area contributed by atoms with Gasteiger partial charge in [-0.05, 0) is 62.2 Å². The summed E-state index contributed by atoms with van der Waals surface area (Å²) in [7, 11) is 0. The van der Waals surface area contributed by atoms with Gasteiger partial charge < -0.3 is 5.32 Å². The highest BCUT2D eigenvalue weighted by Crippen LogP contribution is 2.24. The molecule has 4 aromatic rings. The van der Waals surface area contributed by atoms with Gasteiger partial charge in [0, 0.05) is 22.4 Å². The van der Waals surface area contributed by atoms with Gasteiger partial charge in [-0.25, -0.2) is 4.98 Å². The molecule has 1 heterocycles. The highest BCUT2D eigenvalue weighted by atomic mass is 35.5. The molecule has 7 heteroatoms. The number of hydrogen-bond donors (Lipinski definition) is 1. The smallest absolute Gasteiger partial charge is 0.262 e. The van der Waals surface area contributed by atoms with Gasteiger partial charge in [-0.15, -0.1) is 0 Å². The maximum absolute atomic E-state index is 13.4. The van der Waals surface area contributed by atoms with E-state index in [0.29, 0.717) is 38.9 Å². The van der Waals surface area contributed by atoms with Crippen LogP contribution in [0.5, 0.6) is 0 Å². The van der Waals surface area contributed by atoms with Crippen molar-refractivity contribution in [1.29, 1.82) is 0 Å². The van der Waals surface area contributed by atoms with Gasteiger partial charge in [0.05, 0.1) is 17.4 Å². The van der Waals surface area contributed by atoms with E-state index >= 15 is 0 Å². The third kappa shape index (κ3) is 5.69. The highest BCUT2D eigenvalue weighted by molar-refractivity contribution is 7.98. The van der Waals surface area contributed by atoms with E-state index in [4.69, 9.17) is 16.6 Å². The average Bonchev–Trinajstić information content (AvgIpc) is 2.81. The normalized spacial score (nSPS) is 11.2. The zero-order chi connectivity index (χ0) is 24.2. The summed E-state index contributed by atoms with van der Waals surface area (Å²) in [6.45, 7) is 6.25. The number of carbonyl (C=O) groups excluding carboxylic acids is 1. The maximum atomic E-state index is 13.4.